The van der Waals surface area contributed by atoms with Crippen LogP contribution in [0.5, 0.6) is 11.5 Å². The molecule has 140 valence electrons. The molecular formula is C17H17N5O4S. The minimum absolute atomic E-state index is 0.0731. The molecule has 0 amide bonds. The summed E-state index contributed by atoms with van der Waals surface area (Å²) < 4.78 is 15.5. The van der Waals surface area contributed by atoms with E-state index in [1.807, 2.05) is 0 Å². The van der Waals surface area contributed by atoms with Gasteiger partial charge in [0.05, 0.1) is 32.5 Å². The Hall–Kier alpha value is -3.27. The van der Waals surface area contributed by atoms with Crippen molar-refractivity contribution in [1.82, 2.24) is 15.2 Å². The summed E-state index contributed by atoms with van der Waals surface area (Å²) in [6.45, 7) is 0. The molecule has 3 aromatic rings. The number of nitrogens with zero attached hydrogens (tertiary/aromatic N) is 3. The zero-order valence-corrected chi connectivity index (χ0v) is 15.4. The summed E-state index contributed by atoms with van der Waals surface area (Å²) in [7, 11) is 3.07. The molecule has 10 heteroatoms. The maximum absolute atomic E-state index is 12.4. The molecule has 0 aliphatic carbocycles. The van der Waals surface area contributed by atoms with Crippen LogP contribution in [0.2, 0.25) is 0 Å². The largest absolute Gasteiger partial charge is 0.493 e. The van der Waals surface area contributed by atoms with Gasteiger partial charge in [-0.15, -0.1) is 5.10 Å². The van der Waals surface area contributed by atoms with Gasteiger partial charge in [-0.25, -0.2) is 10.5 Å². The van der Waals surface area contributed by atoms with E-state index in [1.165, 1.54) is 25.1 Å². The highest BCUT2D eigenvalue weighted by atomic mass is 32.2. The number of carbonyl (C=O) groups excluding carboxylic acids is 1. The molecule has 0 radical (unpaired) electrons. The third kappa shape index (κ3) is 4.88. The highest BCUT2D eigenvalue weighted by Gasteiger charge is 2.13. The quantitative estimate of drug-likeness (QED) is 0.249. The first kappa shape index (κ1) is 18.5. The summed E-state index contributed by atoms with van der Waals surface area (Å²) >= 11 is 1.21. The fourth-order valence-corrected chi connectivity index (χ4v) is 2.80. The Morgan fingerprint density at radius 3 is 2.93 bits per heavy atom. The first-order valence-electron chi connectivity index (χ1n) is 7.82. The molecule has 0 atom stereocenters. The minimum atomic E-state index is -0.0731. The second-order valence-electron chi connectivity index (χ2n) is 5.13. The fourth-order valence-electron chi connectivity index (χ4n) is 2.11. The Kier molecular flexibility index (Phi) is 6.10. The van der Waals surface area contributed by atoms with Gasteiger partial charge in [-0.1, -0.05) is 11.8 Å². The first-order chi connectivity index (χ1) is 13.2. The van der Waals surface area contributed by atoms with Crippen molar-refractivity contribution in [2.75, 3.05) is 25.4 Å². The number of methoxy groups -OCH3 is 2. The fraction of sp³-hybridized carbons (Fsp3) is 0.176. The molecule has 3 rings (SSSR count). The molecule has 0 saturated heterocycles. The lowest BCUT2D eigenvalue weighted by molar-refractivity contribution is 0.102. The van der Waals surface area contributed by atoms with E-state index in [0.717, 1.165) is 0 Å². The van der Waals surface area contributed by atoms with E-state index in [9.17, 15) is 4.79 Å². The van der Waals surface area contributed by atoms with Crippen molar-refractivity contribution in [3.63, 3.8) is 0 Å². The average molecular weight is 387 g/mol. The number of hydrogen-bond donors (Lipinski definition) is 2. The average Bonchev–Trinajstić information content (AvgIpc) is 3.37. The van der Waals surface area contributed by atoms with Crippen LogP contribution in [0.15, 0.2) is 51.3 Å². The molecule has 0 fully saturated rings. The van der Waals surface area contributed by atoms with Crippen molar-refractivity contribution in [2.45, 2.75) is 5.16 Å². The Morgan fingerprint density at radius 2 is 2.19 bits per heavy atom. The molecule has 27 heavy (non-hydrogen) atoms. The van der Waals surface area contributed by atoms with E-state index < -0.39 is 0 Å². The lowest BCUT2D eigenvalue weighted by atomic mass is 10.1. The second kappa shape index (κ2) is 8.90. The van der Waals surface area contributed by atoms with Crippen molar-refractivity contribution in [1.29, 1.82) is 0 Å². The van der Waals surface area contributed by atoms with E-state index in [4.69, 9.17) is 13.9 Å². The van der Waals surface area contributed by atoms with Gasteiger partial charge in [-0.3, -0.25) is 4.79 Å². The number of aromatic amines is 1. The van der Waals surface area contributed by atoms with Gasteiger partial charge in [0.1, 0.15) is 5.76 Å². The molecule has 0 bridgehead atoms. The molecule has 0 saturated carbocycles. The minimum Gasteiger partial charge on any atom is -0.493 e. The highest BCUT2D eigenvalue weighted by Crippen LogP contribution is 2.28. The zero-order valence-electron chi connectivity index (χ0n) is 14.6. The van der Waals surface area contributed by atoms with Gasteiger partial charge in [-0.05, 0) is 30.3 Å². The zero-order chi connectivity index (χ0) is 19.1. The SMILES string of the molecule is COc1ccc(C(=O)CSc2n[nH]c(N/N=C\c3ccco3)n2)cc1OC. The van der Waals surface area contributed by atoms with Crippen molar-refractivity contribution >= 4 is 29.7 Å². The standard InChI is InChI=1S/C17H17N5O4S/c1-24-14-6-5-11(8-15(14)25-2)13(23)10-27-17-19-16(21-22-17)20-18-9-12-4-3-7-26-12/h3-9H,10H2,1-2H3,(H2,19,20,21,22)/b18-9-. The lowest BCUT2D eigenvalue weighted by Crippen LogP contribution is -2.03. The molecule has 0 aliphatic rings. The maximum atomic E-state index is 12.4. The van der Waals surface area contributed by atoms with Crippen LogP contribution < -0.4 is 14.9 Å². The third-order valence-electron chi connectivity index (χ3n) is 3.41. The molecule has 0 spiro atoms. The molecule has 2 heterocycles. The van der Waals surface area contributed by atoms with E-state index in [2.05, 4.69) is 25.7 Å². The predicted octanol–water partition coefficient (Wildman–Crippen LogP) is 2.84. The molecule has 9 nitrogen and oxygen atoms in total. The molecule has 2 aromatic heterocycles. The van der Waals surface area contributed by atoms with Crippen LogP contribution in [-0.2, 0) is 0 Å². The molecular weight excluding hydrogens is 370 g/mol. The number of carbonyl (C=O) groups is 1. The van der Waals surface area contributed by atoms with Crippen LogP contribution in [0.1, 0.15) is 16.1 Å². The number of furan rings is 1. The maximum Gasteiger partial charge on any atom is 0.240 e. The Morgan fingerprint density at radius 1 is 1.33 bits per heavy atom. The monoisotopic (exact) mass is 387 g/mol. The number of hydrazone groups is 1. The van der Waals surface area contributed by atoms with Gasteiger partial charge >= 0.3 is 0 Å². The number of rotatable bonds is 9. The molecule has 2 N–H and O–H groups in total. The number of hydrogen-bond acceptors (Lipinski definition) is 9. The first-order valence-corrected chi connectivity index (χ1v) is 8.81. The molecule has 1 aromatic carbocycles. The van der Waals surface area contributed by atoms with Gasteiger partial charge < -0.3 is 13.9 Å². The number of H-pyrrole nitrogens is 1. The third-order valence-corrected chi connectivity index (χ3v) is 4.26. The second-order valence-corrected chi connectivity index (χ2v) is 6.08. The predicted molar refractivity (Wildman–Crippen MR) is 101 cm³/mol. The Balaban J connectivity index is 1.54. The van der Waals surface area contributed by atoms with Crippen LogP contribution in [0.25, 0.3) is 0 Å². The van der Waals surface area contributed by atoms with Gasteiger partial charge in [0.25, 0.3) is 0 Å². The smallest absolute Gasteiger partial charge is 0.240 e. The van der Waals surface area contributed by atoms with Gasteiger partial charge in [0.15, 0.2) is 17.3 Å². The summed E-state index contributed by atoms with van der Waals surface area (Å²) in [4.78, 5) is 16.6. The van der Waals surface area contributed by atoms with Crippen molar-refractivity contribution in [3.05, 3.63) is 47.9 Å². The van der Waals surface area contributed by atoms with Crippen molar-refractivity contribution < 1.29 is 18.7 Å². The summed E-state index contributed by atoms with van der Waals surface area (Å²) in [5, 5.41) is 11.1. The number of benzene rings is 1. The Labute approximate surface area is 159 Å². The van der Waals surface area contributed by atoms with Gasteiger partial charge in [0.2, 0.25) is 11.1 Å². The normalized spacial score (nSPS) is 10.9. The number of nitrogens with one attached hydrogen (secondary N) is 2. The molecule has 0 unspecified atom stereocenters. The summed E-state index contributed by atoms with van der Waals surface area (Å²) in [5.74, 6) is 2.16. The number of anilines is 1. The van der Waals surface area contributed by atoms with Gasteiger partial charge in [-0.2, -0.15) is 10.1 Å². The summed E-state index contributed by atoms with van der Waals surface area (Å²) in [5.41, 5.74) is 3.23. The number of aromatic nitrogens is 3. The molecule has 0 aliphatic heterocycles. The van der Waals surface area contributed by atoms with E-state index in [1.54, 1.807) is 43.7 Å². The topological polar surface area (TPSA) is 115 Å². The van der Waals surface area contributed by atoms with Crippen LogP contribution in [0.4, 0.5) is 5.95 Å². The highest BCUT2D eigenvalue weighted by molar-refractivity contribution is 7.99. The van der Waals surface area contributed by atoms with E-state index in [-0.39, 0.29) is 11.5 Å². The van der Waals surface area contributed by atoms with Crippen LogP contribution in [-0.4, -0.2) is 47.2 Å². The lowest BCUT2D eigenvalue weighted by Gasteiger charge is -2.08. The van der Waals surface area contributed by atoms with E-state index >= 15 is 0 Å². The number of Topliss-reactive ketones (excluding diaryl/α,β-unsaturated/α-hetero) is 1. The number of ketones is 1. The van der Waals surface area contributed by atoms with Crippen LogP contribution in [0, 0.1) is 0 Å². The number of thioether (sulfide) groups is 1. The van der Waals surface area contributed by atoms with Crippen molar-refractivity contribution in [2.24, 2.45) is 5.10 Å². The van der Waals surface area contributed by atoms with Gasteiger partial charge in [0, 0.05) is 5.56 Å². The summed E-state index contributed by atoms with van der Waals surface area (Å²) in [6.07, 6.45) is 3.07. The van der Waals surface area contributed by atoms with Crippen LogP contribution >= 0.6 is 11.8 Å². The Bertz CT molecular complexity index is 923. The number of ether oxygens (including phenoxy) is 2. The van der Waals surface area contributed by atoms with Crippen molar-refractivity contribution in [3.8, 4) is 11.5 Å². The van der Waals surface area contributed by atoms with Crippen LogP contribution in [0.3, 0.4) is 0 Å². The summed E-state index contributed by atoms with van der Waals surface area (Å²) in [6, 6.07) is 8.57. The van der Waals surface area contributed by atoms with E-state index in [0.29, 0.717) is 33.9 Å².